The maximum Gasteiger partial charge on any atom is 0.341 e. The van der Waals surface area contributed by atoms with Gasteiger partial charge in [-0.3, -0.25) is 0 Å². The van der Waals surface area contributed by atoms with Gasteiger partial charge in [-0.1, -0.05) is 6.07 Å². The molecule has 0 radical (unpaired) electrons. The van der Waals surface area contributed by atoms with Crippen LogP contribution in [0.2, 0.25) is 0 Å². The van der Waals surface area contributed by atoms with Gasteiger partial charge in [-0.05, 0) is 17.7 Å². The number of hydrazone groups is 1. The van der Waals surface area contributed by atoms with Crippen LogP contribution >= 0.6 is 0 Å². The summed E-state index contributed by atoms with van der Waals surface area (Å²) in [6.07, 6.45) is 2.41. The molecule has 1 saturated heterocycles. The molecule has 0 bridgehead atoms. The number of halogens is 2. The summed E-state index contributed by atoms with van der Waals surface area (Å²) < 4.78 is 38.1. The molecule has 2 amide bonds. The molecule has 1 aromatic carbocycles. The molecule has 152 valence electrons. The Morgan fingerprint density at radius 3 is 2.69 bits per heavy atom. The Morgan fingerprint density at radius 2 is 1.93 bits per heavy atom. The van der Waals surface area contributed by atoms with E-state index in [4.69, 9.17) is 9.47 Å². The molecule has 1 aromatic heterocycles. The number of carbonyl (C=O) groups excluding carboxylic acids is 1. The van der Waals surface area contributed by atoms with Gasteiger partial charge in [0.05, 0.1) is 19.7 Å². The van der Waals surface area contributed by atoms with E-state index in [0.29, 0.717) is 43.3 Å². The Morgan fingerprint density at radius 1 is 1.17 bits per heavy atom. The van der Waals surface area contributed by atoms with Crippen LogP contribution in [0.25, 0.3) is 0 Å². The van der Waals surface area contributed by atoms with Crippen molar-refractivity contribution < 1.29 is 23.0 Å². The predicted molar refractivity (Wildman–Crippen MR) is 101 cm³/mol. The highest BCUT2D eigenvalue weighted by Gasteiger charge is 2.36. The van der Waals surface area contributed by atoms with Gasteiger partial charge in [0.2, 0.25) is 11.8 Å². The van der Waals surface area contributed by atoms with Crippen LogP contribution < -0.4 is 9.47 Å². The molecule has 2 aliphatic heterocycles. The number of urea groups is 1. The summed E-state index contributed by atoms with van der Waals surface area (Å²) in [7, 11) is 1.53. The highest BCUT2D eigenvalue weighted by atomic mass is 19.1. The molecule has 9 heteroatoms. The number of pyridine rings is 1. The first-order valence-corrected chi connectivity index (χ1v) is 9.28. The lowest BCUT2D eigenvalue weighted by Crippen LogP contribution is -2.40. The zero-order valence-corrected chi connectivity index (χ0v) is 15.8. The third-order valence-electron chi connectivity index (χ3n) is 4.91. The van der Waals surface area contributed by atoms with Crippen LogP contribution in [0.3, 0.4) is 0 Å². The zero-order valence-electron chi connectivity index (χ0n) is 15.8. The number of nitrogens with zero attached hydrogens (tertiary/aromatic N) is 4. The second-order valence-electron chi connectivity index (χ2n) is 6.87. The molecule has 2 aromatic rings. The molecule has 2 aliphatic rings. The van der Waals surface area contributed by atoms with Gasteiger partial charge in [0, 0.05) is 43.8 Å². The van der Waals surface area contributed by atoms with Crippen molar-refractivity contribution >= 4 is 12.2 Å². The number of methoxy groups -OCH3 is 1. The Labute approximate surface area is 166 Å². The summed E-state index contributed by atoms with van der Waals surface area (Å²) in [5.41, 5.74) is 0.376. The first-order valence-electron chi connectivity index (χ1n) is 9.28. The van der Waals surface area contributed by atoms with Crippen LogP contribution in [-0.2, 0) is 0 Å². The third-order valence-corrected chi connectivity index (χ3v) is 4.91. The first-order chi connectivity index (χ1) is 14.0. The number of rotatable bonds is 4. The Kier molecular flexibility index (Phi) is 5.28. The molecule has 0 N–H and O–H groups in total. The summed E-state index contributed by atoms with van der Waals surface area (Å²) in [6.45, 7) is 0.859. The molecule has 0 saturated carbocycles. The summed E-state index contributed by atoms with van der Waals surface area (Å²) in [5, 5.41) is 5.41. The van der Waals surface area contributed by atoms with Gasteiger partial charge < -0.3 is 14.4 Å². The van der Waals surface area contributed by atoms with Gasteiger partial charge in [-0.2, -0.15) is 10.1 Å². The lowest BCUT2D eigenvalue weighted by atomic mass is 10.0. The predicted octanol–water partition coefficient (Wildman–Crippen LogP) is 3.37. The number of amides is 2. The van der Waals surface area contributed by atoms with E-state index < -0.39 is 17.7 Å². The van der Waals surface area contributed by atoms with E-state index in [0.717, 1.165) is 6.07 Å². The molecular weight excluding hydrogens is 382 g/mol. The van der Waals surface area contributed by atoms with E-state index >= 15 is 0 Å². The average molecular weight is 402 g/mol. The second kappa shape index (κ2) is 8.02. The molecule has 29 heavy (non-hydrogen) atoms. The molecule has 4 rings (SSSR count). The molecule has 2 atom stereocenters. The summed E-state index contributed by atoms with van der Waals surface area (Å²) in [6, 6.07) is 7.64. The van der Waals surface area contributed by atoms with Crippen molar-refractivity contribution in [1.29, 1.82) is 0 Å². The minimum atomic E-state index is -0.681. The van der Waals surface area contributed by atoms with E-state index in [1.807, 2.05) is 0 Å². The molecule has 7 nitrogen and oxygen atoms in total. The smallest absolute Gasteiger partial charge is 0.341 e. The number of benzene rings is 1. The van der Waals surface area contributed by atoms with E-state index in [-0.39, 0.29) is 12.1 Å². The minimum Gasteiger partial charge on any atom is -0.481 e. The van der Waals surface area contributed by atoms with Crippen LogP contribution in [0, 0.1) is 11.6 Å². The number of hydrogen-bond donors (Lipinski definition) is 0. The maximum absolute atomic E-state index is 13.6. The normalized spacial score (nSPS) is 20.9. The molecule has 1 fully saturated rings. The molecular formula is C20H20F2N4O3. The van der Waals surface area contributed by atoms with Crippen molar-refractivity contribution in [2.45, 2.75) is 25.0 Å². The van der Waals surface area contributed by atoms with Crippen LogP contribution in [0.15, 0.2) is 41.5 Å². The maximum atomic E-state index is 13.6. The number of hydrogen-bond acceptors (Lipinski definition) is 5. The van der Waals surface area contributed by atoms with Crippen molar-refractivity contribution in [3.63, 3.8) is 0 Å². The Balaban J connectivity index is 1.42. The van der Waals surface area contributed by atoms with Crippen LogP contribution in [0.4, 0.5) is 13.6 Å². The van der Waals surface area contributed by atoms with Crippen LogP contribution in [0.5, 0.6) is 11.8 Å². The van der Waals surface area contributed by atoms with Crippen molar-refractivity contribution in [1.82, 2.24) is 14.9 Å². The fourth-order valence-corrected chi connectivity index (χ4v) is 3.53. The van der Waals surface area contributed by atoms with Gasteiger partial charge in [-0.25, -0.2) is 18.6 Å². The van der Waals surface area contributed by atoms with Crippen LogP contribution in [-0.4, -0.2) is 53.4 Å². The van der Waals surface area contributed by atoms with Crippen molar-refractivity contribution in [3.05, 3.63) is 53.6 Å². The number of aromatic nitrogens is 1. The largest absolute Gasteiger partial charge is 0.481 e. The first kappa shape index (κ1) is 19.1. The standard InChI is InChI=1S/C20H20F2N4O3/c1-28-18-3-2-4-19(24-18)29-16-6-8-25(12-16)20(27)26-17(5-7-23-26)13-9-14(21)11-15(22)10-13/h2-4,7,9-11,16-17H,5-6,8,12H2,1H3. The van der Waals surface area contributed by atoms with E-state index in [9.17, 15) is 13.6 Å². The van der Waals surface area contributed by atoms with Gasteiger partial charge in [0.1, 0.15) is 17.7 Å². The van der Waals surface area contributed by atoms with Crippen molar-refractivity contribution in [3.8, 4) is 11.8 Å². The zero-order chi connectivity index (χ0) is 20.4. The highest BCUT2D eigenvalue weighted by Crippen LogP contribution is 2.31. The molecule has 2 unspecified atom stereocenters. The number of likely N-dealkylation sites (tertiary alicyclic amines) is 1. The topological polar surface area (TPSA) is 67.3 Å². The molecule has 0 spiro atoms. The van der Waals surface area contributed by atoms with E-state index in [2.05, 4.69) is 10.1 Å². The van der Waals surface area contributed by atoms with Crippen LogP contribution in [0.1, 0.15) is 24.4 Å². The van der Waals surface area contributed by atoms with Crippen molar-refractivity contribution in [2.75, 3.05) is 20.2 Å². The minimum absolute atomic E-state index is 0.213. The Bertz CT molecular complexity index is 919. The fraction of sp³-hybridized carbons (Fsp3) is 0.350. The highest BCUT2D eigenvalue weighted by molar-refractivity contribution is 5.78. The Hall–Kier alpha value is -3.23. The summed E-state index contributed by atoms with van der Waals surface area (Å²) in [4.78, 5) is 18.8. The monoisotopic (exact) mass is 402 g/mol. The quantitative estimate of drug-likeness (QED) is 0.787. The second-order valence-corrected chi connectivity index (χ2v) is 6.87. The number of carbonyl (C=O) groups is 1. The third kappa shape index (κ3) is 4.13. The number of ether oxygens (including phenoxy) is 2. The lowest BCUT2D eigenvalue weighted by molar-refractivity contribution is 0.141. The SMILES string of the molecule is COc1cccc(OC2CCN(C(=O)N3N=CCC3c3cc(F)cc(F)c3)C2)n1. The molecule has 0 aliphatic carbocycles. The van der Waals surface area contributed by atoms with Crippen molar-refractivity contribution in [2.24, 2.45) is 5.10 Å². The van der Waals surface area contributed by atoms with E-state index in [1.165, 1.54) is 24.3 Å². The fourth-order valence-electron chi connectivity index (χ4n) is 3.53. The summed E-state index contributed by atoms with van der Waals surface area (Å²) >= 11 is 0. The lowest BCUT2D eigenvalue weighted by Gasteiger charge is -2.27. The van der Waals surface area contributed by atoms with E-state index in [1.54, 1.807) is 29.3 Å². The average Bonchev–Trinajstić information content (AvgIpc) is 3.36. The van der Waals surface area contributed by atoms with Gasteiger partial charge >= 0.3 is 6.03 Å². The molecule has 3 heterocycles. The van der Waals surface area contributed by atoms with Gasteiger partial charge in [0.15, 0.2) is 0 Å². The summed E-state index contributed by atoms with van der Waals surface area (Å²) in [5.74, 6) is -0.486. The van der Waals surface area contributed by atoms with Gasteiger partial charge in [-0.15, -0.1) is 0 Å². The van der Waals surface area contributed by atoms with Gasteiger partial charge in [0.25, 0.3) is 0 Å².